The van der Waals surface area contributed by atoms with E-state index in [0.717, 1.165) is 0 Å². The van der Waals surface area contributed by atoms with Crippen molar-refractivity contribution in [1.82, 2.24) is 8.55 Å². The van der Waals surface area contributed by atoms with Crippen LogP contribution in [0.1, 0.15) is 0 Å². The maximum Gasteiger partial charge on any atom is -1.00 e. The molecule has 1 aliphatic heterocycles. The first-order chi connectivity index (χ1) is 5.77. The van der Waals surface area contributed by atoms with Crippen LogP contribution >= 0.6 is 0 Å². The second kappa shape index (κ2) is 4.58. The van der Waals surface area contributed by atoms with Gasteiger partial charge in [-0.15, -0.1) is 0 Å². The Bertz CT molecular complexity index is 428. The summed E-state index contributed by atoms with van der Waals surface area (Å²) in [5.74, 6) is 0. The van der Waals surface area contributed by atoms with Crippen molar-refractivity contribution in [2.24, 2.45) is 0 Å². The number of benzene rings is 1. The molecule has 13 heavy (non-hydrogen) atoms. The molecule has 0 N–H and O–H groups in total. The summed E-state index contributed by atoms with van der Waals surface area (Å²) in [5, 5.41) is 1.29. The zero-order valence-electron chi connectivity index (χ0n) is 7.32. The molecule has 0 unspecified atom stereocenters. The summed E-state index contributed by atoms with van der Waals surface area (Å²) in [6.45, 7) is 0. The van der Waals surface area contributed by atoms with Crippen LogP contribution in [0.5, 0.6) is 0 Å². The van der Waals surface area contributed by atoms with Crippen LogP contribution in [-0.2, 0) is 0 Å². The zero-order valence-corrected chi connectivity index (χ0v) is 11.5. The molecule has 0 saturated carbocycles. The number of aromatic nitrogens is 1. The Morgan fingerprint density at radius 1 is 1.31 bits per heavy atom. The van der Waals surface area contributed by atoms with Gasteiger partial charge in [-0.25, -0.2) is 0 Å². The minimum atomic E-state index is 0. The van der Waals surface area contributed by atoms with Crippen molar-refractivity contribution in [3.8, 4) is 10.1 Å². The Balaban J connectivity index is 0.000000845. The minimum absolute atomic E-state index is 0. The van der Waals surface area contributed by atoms with Gasteiger partial charge < -0.3 is 12.4 Å². The second-order valence-corrected chi connectivity index (χ2v) is 8.21. The molecule has 0 fully saturated rings. The van der Waals surface area contributed by atoms with Crippen molar-refractivity contribution < 1.29 is 12.4 Å². The fraction of sp³-hybridized carbons (Fsp3) is 0.250. The summed E-state index contributed by atoms with van der Waals surface area (Å²) in [7, 11) is 4.15. The largest absolute Gasteiger partial charge is 1.00 e. The molecule has 0 bridgehead atoms. The van der Waals surface area contributed by atoms with E-state index in [1.54, 1.807) is 0 Å². The summed E-state index contributed by atoms with van der Waals surface area (Å²) >= 11 is 1.18. The van der Waals surface area contributed by atoms with Gasteiger partial charge in [0.2, 0.25) is 0 Å². The van der Waals surface area contributed by atoms with E-state index in [1.807, 2.05) is 0 Å². The molecule has 0 aromatic rings. The molecule has 0 amide bonds. The minimum Gasteiger partial charge on any atom is -1.00 e. The molecule has 2 rings (SSSR count). The quantitative estimate of drug-likeness (QED) is 0.360. The predicted octanol–water partition coefficient (Wildman–Crippen LogP) is -3.66. The van der Waals surface area contributed by atoms with Crippen LogP contribution in [0.15, 0.2) is 18.2 Å². The SMILES string of the molecule is C[N+](C)=c1ccc2n[se][se]c-2c1.[Cl-]. The monoisotopic (exact) mass is 328 g/mol. The van der Waals surface area contributed by atoms with E-state index in [-0.39, 0.29) is 12.4 Å². The average Bonchev–Trinajstić information content (AvgIpc) is 2.49. The number of nitrogens with zero attached hydrogens (tertiary/aromatic N) is 2. The van der Waals surface area contributed by atoms with Crippen LogP contribution < -0.4 is 22.3 Å². The van der Waals surface area contributed by atoms with Crippen molar-refractivity contribution in [1.29, 1.82) is 0 Å². The van der Waals surface area contributed by atoms with Crippen LogP contribution in [-0.4, -0.2) is 43.6 Å². The number of fused-ring (bicyclic) bond motifs is 1. The van der Waals surface area contributed by atoms with Crippen LogP contribution in [0.4, 0.5) is 0 Å². The molecule has 5 heteroatoms. The van der Waals surface area contributed by atoms with Crippen molar-refractivity contribution in [2.75, 3.05) is 14.1 Å². The molecule has 0 radical (unpaired) electrons. The van der Waals surface area contributed by atoms with Gasteiger partial charge in [-0.2, -0.15) is 0 Å². The third kappa shape index (κ3) is 2.34. The van der Waals surface area contributed by atoms with E-state index in [9.17, 15) is 0 Å². The predicted molar refractivity (Wildman–Crippen MR) is 51.9 cm³/mol. The van der Waals surface area contributed by atoms with Crippen LogP contribution in [0.3, 0.4) is 0 Å². The topological polar surface area (TPSA) is 15.9 Å². The van der Waals surface area contributed by atoms with E-state index < -0.39 is 0 Å². The van der Waals surface area contributed by atoms with Crippen molar-refractivity contribution in [2.45, 2.75) is 0 Å². The Morgan fingerprint density at radius 2 is 2.08 bits per heavy atom. The molecule has 0 saturated heterocycles. The van der Waals surface area contributed by atoms with E-state index in [4.69, 9.17) is 0 Å². The standard InChI is InChI=1S/C8H9N2Se2.ClH/c1-10(2)6-3-4-7-8(5-6)11-12-9-7;/h3-5H,1-2H3;1H/q+1;/p-1. The molecule has 2 aliphatic rings. The number of halogens is 1. The summed E-state index contributed by atoms with van der Waals surface area (Å²) in [6, 6.07) is 6.55. The first kappa shape index (κ1) is 11.2. The maximum absolute atomic E-state index is 4.47. The molecule has 0 aromatic heterocycles. The van der Waals surface area contributed by atoms with Gasteiger partial charge in [0.05, 0.1) is 0 Å². The smallest absolute Gasteiger partial charge is 1.00 e. The molecular weight excluding hydrogens is 317 g/mol. The van der Waals surface area contributed by atoms with E-state index >= 15 is 0 Å². The molecule has 2 nitrogen and oxygen atoms in total. The Labute approximate surface area is 93.9 Å². The zero-order chi connectivity index (χ0) is 8.55. The number of hydrogen-bond donors (Lipinski definition) is 0. The number of hydrogen-bond acceptors (Lipinski definition) is 1. The maximum atomic E-state index is 4.47. The van der Waals surface area contributed by atoms with Crippen molar-refractivity contribution in [3.05, 3.63) is 23.6 Å². The molecule has 1 aliphatic carbocycles. The van der Waals surface area contributed by atoms with Gasteiger partial charge in [-0.1, -0.05) is 0 Å². The average molecular weight is 327 g/mol. The van der Waals surface area contributed by atoms with E-state index in [2.05, 4.69) is 40.8 Å². The third-order valence-corrected chi connectivity index (χ3v) is 7.09. The summed E-state index contributed by atoms with van der Waals surface area (Å²) < 4.78 is 8.09. The molecule has 0 atom stereocenters. The Morgan fingerprint density at radius 3 is 2.77 bits per heavy atom. The first-order valence-corrected chi connectivity index (χ1v) is 9.59. The second-order valence-electron chi connectivity index (χ2n) is 2.80. The van der Waals surface area contributed by atoms with Crippen LogP contribution in [0.25, 0.3) is 10.1 Å². The molecule has 0 aromatic carbocycles. The van der Waals surface area contributed by atoms with Crippen molar-refractivity contribution in [3.63, 3.8) is 0 Å². The third-order valence-electron chi connectivity index (χ3n) is 1.72. The van der Waals surface area contributed by atoms with Gasteiger partial charge >= 0.3 is 81.8 Å². The van der Waals surface area contributed by atoms with Crippen LogP contribution in [0, 0.1) is 0 Å². The van der Waals surface area contributed by atoms with Gasteiger partial charge in [0, 0.05) is 0 Å². The molecule has 0 spiro atoms. The Kier molecular flexibility index (Phi) is 3.96. The summed E-state index contributed by atoms with van der Waals surface area (Å²) in [5.41, 5.74) is 1.24. The summed E-state index contributed by atoms with van der Waals surface area (Å²) in [6.07, 6.45) is 0. The van der Waals surface area contributed by atoms with Gasteiger partial charge in [0.1, 0.15) is 0 Å². The molecular formula is C8H9ClN2Se2. The van der Waals surface area contributed by atoms with Gasteiger partial charge in [-0.3, -0.25) is 0 Å². The van der Waals surface area contributed by atoms with Gasteiger partial charge in [0.25, 0.3) is 0 Å². The fourth-order valence-electron chi connectivity index (χ4n) is 1.02. The van der Waals surface area contributed by atoms with Crippen LogP contribution in [0.2, 0.25) is 0 Å². The molecule has 70 valence electrons. The fourth-order valence-corrected chi connectivity index (χ4v) is 6.45. The van der Waals surface area contributed by atoms with Gasteiger partial charge in [0.15, 0.2) is 0 Å². The number of rotatable bonds is 0. The Hall–Kier alpha value is 0.149. The normalized spacial score (nSPS) is 9.69. The van der Waals surface area contributed by atoms with E-state index in [0.29, 0.717) is 25.5 Å². The summed E-state index contributed by atoms with van der Waals surface area (Å²) in [4.78, 5) is 0. The first-order valence-electron chi connectivity index (χ1n) is 3.63. The van der Waals surface area contributed by atoms with Gasteiger partial charge in [-0.05, 0) is 0 Å². The van der Waals surface area contributed by atoms with E-state index in [1.165, 1.54) is 15.5 Å². The molecule has 1 heterocycles. The van der Waals surface area contributed by atoms with Crippen molar-refractivity contribution >= 4 is 25.5 Å².